The van der Waals surface area contributed by atoms with Crippen molar-refractivity contribution in [3.8, 4) is 0 Å². The summed E-state index contributed by atoms with van der Waals surface area (Å²) >= 11 is 1.61. The zero-order valence-corrected chi connectivity index (χ0v) is 27.0. The fourth-order valence-corrected chi connectivity index (χ4v) is 8.49. The van der Waals surface area contributed by atoms with E-state index in [-0.39, 0.29) is 29.1 Å². The number of ether oxygens (including phenoxy) is 1. The molecule has 0 aliphatic heterocycles. The topological polar surface area (TPSA) is 141 Å². The number of aliphatic carboxylic acids is 2. The lowest BCUT2D eigenvalue weighted by molar-refractivity contribution is -0.205. The van der Waals surface area contributed by atoms with Crippen LogP contribution in [0.5, 0.6) is 0 Å². The Bertz CT molecular complexity index is 1010. The number of esters is 1. The van der Waals surface area contributed by atoms with Crippen LogP contribution >= 0.6 is 11.8 Å². The molecule has 10 heteroatoms. The second kappa shape index (κ2) is 15.0. The molecule has 0 saturated heterocycles. The van der Waals surface area contributed by atoms with Gasteiger partial charge in [-0.25, -0.2) is 9.59 Å². The van der Waals surface area contributed by atoms with Crippen molar-refractivity contribution >= 4 is 35.5 Å². The third-order valence-corrected chi connectivity index (χ3v) is 11.5. The van der Waals surface area contributed by atoms with Gasteiger partial charge >= 0.3 is 17.9 Å². The van der Waals surface area contributed by atoms with Gasteiger partial charge in [-0.2, -0.15) is 0 Å². The van der Waals surface area contributed by atoms with E-state index >= 15 is 0 Å². The number of rotatable bonds is 11. The molecule has 0 amide bonds. The fourth-order valence-electron chi connectivity index (χ4n) is 7.73. The molecule has 0 aromatic rings. The number of carbonyl (C=O) groups is 4. The molecule has 238 valence electrons. The van der Waals surface area contributed by atoms with Crippen molar-refractivity contribution in [1.82, 2.24) is 4.90 Å². The zero-order chi connectivity index (χ0) is 31.9. The number of carboxylic acid groups (broad SMARTS) is 2. The molecule has 8 unspecified atom stereocenters. The van der Waals surface area contributed by atoms with Gasteiger partial charge in [0.05, 0.1) is 11.9 Å². The predicted molar refractivity (Wildman–Crippen MR) is 164 cm³/mol. The second-order valence-electron chi connectivity index (χ2n) is 12.7. The average molecular weight is 610 g/mol. The first-order valence-electron chi connectivity index (χ1n) is 15.1. The van der Waals surface area contributed by atoms with E-state index in [1.54, 1.807) is 11.8 Å². The summed E-state index contributed by atoms with van der Waals surface area (Å²) in [6, 6.07) is 0. The SMILES string of the molecule is C=CC1(C)CC(OC(=O)CSCCN(CC)CC)C2(C)C(C)CCC3(CCC(=O)C32)C(C)C1O.O=C(O)C=CC(=O)O. The summed E-state index contributed by atoms with van der Waals surface area (Å²) in [7, 11) is 0. The Hall–Kier alpha value is -2.17. The molecule has 3 N–H and O–H groups in total. The number of thioether (sulfide) groups is 1. The van der Waals surface area contributed by atoms with Gasteiger partial charge in [0.1, 0.15) is 11.9 Å². The second-order valence-corrected chi connectivity index (χ2v) is 13.8. The molecule has 3 rings (SSSR count). The molecular formula is C32H51NO8S. The first-order chi connectivity index (χ1) is 19.6. The minimum atomic E-state index is -1.26. The Labute approximate surface area is 255 Å². The first-order valence-corrected chi connectivity index (χ1v) is 16.3. The molecule has 3 fully saturated rings. The van der Waals surface area contributed by atoms with Crippen LogP contribution in [0.2, 0.25) is 0 Å². The van der Waals surface area contributed by atoms with E-state index in [0.29, 0.717) is 36.5 Å². The van der Waals surface area contributed by atoms with Crippen molar-refractivity contribution in [1.29, 1.82) is 0 Å². The average Bonchev–Trinajstić information content (AvgIpc) is 3.30. The number of carboxylic acids is 2. The smallest absolute Gasteiger partial charge is 0.328 e. The fraction of sp³-hybridized carbons (Fsp3) is 0.750. The number of nitrogens with zero attached hydrogens (tertiary/aromatic N) is 1. The van der Waals surface area contributed by atoms with Gasteiger partial charge in [-0.3, -0.25) is 9.59 Å². The maximum Gasteiger partial charge on any atom is 0.328 e. The van der Waals surface area contributed by atoms with Gasteiger partial charge in [0.15, 0.2) is 0 Å². The Morgan fingerprint density at radius 3 is 2.21 bits per heavy atom. The number of hydrogen-bond acceptors (Lipinski definition) is 8. The number of Topliss-reactive ketones (excluding diaryl/α,β-unsaturated/α-hetero) is 1. The number of aliphatic hydroxyl groups excluding tert-OH is 1. The van der Waals surface area contributed by atoms with Crippen LogP contribution in [0.25, 0.3) is 0 Å². The van der Waals surface area contributed by atoms with Crippen molar-refractivity contribution in [2.75, 3.05) is 31.1 Å². The Morgan fingerprint density at radius 1 is 1.10 bits per heavy atom. The number of carbonyl (C=O) groups excluding carboxylic acids is 2. The highest BCUT2D eigenvalue weighted by molar-refractivity contribution is 7.99. The Kier molecular flexibility index (Phi) is 12.9. The van der Waals surface area contributed by atoms with E-state index in [1.807, 2.05) is 13.0 Å². The van der Waals surface area contributed by atoms with Gasteiger partial charge in [0, 0.05) is 47.6 Å². The molecule has 9 nitrogen and oxygen atoms in total. The van der Waals surface area contributed by atoms with Crippen LogP contribution in [-0.4, -0.2) is 87.3 Å². The molecule has 8 atom stereocenters. The van der Waals surface area contributed by atoms with E-state index in [9.17, 15) is 24.3 Å². The highest BCUT2D eigenvalue weighted by atomic mass is 32.2. The minimum absolute atomic E-state index is 0.00828. The van der Waals surface area contributed by atoms with Gasteiger partial charge in [-0.05, 0) is 56.0 Å². The minimum Gasteiger partial charge on any atom is -0.478 e. The third-order valence-electron chi connectivity index (χ3n) is 10.6. The van der Waals surface area contributed by atoms with Crippen LogP contribution in [0, 0.1) is 34.0 Å². The standard InChI is InChI=1S/C28H47NO4S.C4H4O4/c1-8-26(6)17-22(33-23(31)18-34-16-15-29(9-2)10-3)27(7)19(4)11-13-28(20(5)25(26)32)14-12-21(30)24(27)28;5-3(6)1-2-4(7)8/h8,19-20,22,24-25,32H,1,9-18H2,2-7H3;1-2H,(H,5,6)(H,7,8). The lowest BCUT2D eigenvalue weighted by Gasteiger charge is -2.61. The Balaban J connectivity index is 0.000000675. The van der Waals surface area contributed by atoms with Crippen LogP contribution in [-0.2, 0) is 23.9 Å². The molecule has 3 saturated carbocycles. The third kappa shape index (κ3) is 7.66. The Morgan fingerprint density at radius 2 is 1.69 bits per heavy atom. The molecule has 3 aliphatic rings. The summed E-state index contributed by atoms with van der Waals surface area (Å²) in [5.41, 5.74) is -1.25. The van der Waals surface area contributed by atoms with E-state index in [1.165, 1.54) is 0 Å². The van der Waals surface area contributed by atoms with Gasteiger partial charge in [0.2, 0.25) is 0 Å². The van der Waals surface area contributed by atoms with Crippen LogP contribution in [0.1, 0.15) is 73.6 Å². The van der Waals surface area contributed by atoms with Crippen molar-refractivity contribution in [2.45, 2.75) is 85.9 Å². The quantitative estimate of drug-likeness (QED) is 0.131. The molecule has 2 bridgehead atoms. The lowest BCUT2D eigenvalue weighted by Crippen LogP contribution is -2.63. The largest absolute Gasteiger partial charge is 0.478 e. The molecule has 0 aromatic heterocycles. The monoisotopic (exact) mass is 609 g/mol. The molecular weight excluding hydrogens is 558 g/mol. The highest BCUT2D eigenvalue weighted by Crippen LogP contribution is 2.68. The lowest BCUT2D eigenvalue weighted by atomic mass is 9.44. The summed E-state index contributed by atoms with van der Waals surface area (Å²) in [5.74, 6) is -1.14. The van der Waals surface area contributed by atoms with Crippen LogP contribution in [0.4, 0.5) is 0 Å². The molecule has 0 spiro atoms. The van der Waals surface area contributed by atoms with Crippen molar-refractivity contribution in [3.05, 3.63) is 24.8 Å². The zero-order valence-electron chi connectivity index (χ0n) is 26.1. The van der Waals surface area contributed by atoms with Crippen molar-refractivity contribution < 1.29 is 39.2 Å². The molecule has 0 radical (unpaired) electrons. The van der Waals surface area contributed by atoms with Crippen molar-refractivity contribution in [2.24, 2.45) is 34.0 Å². The maximum atomic E-state index is 13.4. The number of hydrogen-bond donors (Lipinski definition) is 3. The summed E-state index contributed by atoms with van der Waals surface area (Å²) in [6.45, 7) is 20.0. The van der Waals surface area contributed by atoms with E-state index in [0.717, 1.165) is 44.6 Å². The summed E-state index contributed by atoms with van der Waals surface area (Å²) in [6.07, 6.45) is 5.76. The van der Waals surface area contributed by atoms with E-state index < -0.39 is 35.0 Å². The molecule has 42 heavy (non-hydrogen) atoms. The molecule has 0 aromatic carbocycles. The van der Waals surface area contributed by atoms with Crippen LogP contribution in [0.15, 0.2) is 24.8 Å². The normalized spacial score (nSPS) is 35.9. The molecule has 3 aliphatic carbocycles. The summed E-state index contributed by atoms with van der Waals surface area (Å²) < 4.78 is 6.30. The first kappa shape index (κ1) is 36.0. The highest BCUT2D eigenvalue weighted by Gasteiger charge is 2.68. The van der Waals surface area contributed by atoms with E-state index in [2.05, 4.69) is 46.1 Å². The van der Waals surface area contributed by atoms with Crippen molar-refractivity contribution in [3.63, 3.8) is 0 Å². The van der Waals surface area contributed by atoms with Gasteiger partial charge in [0.25, 0.3) is 0 Å². The predicted octanol–water partition coefficient (Wildman–Crippen LogP) is 4.68. The maximum absolute atomic E-state index is 13.4. The van der Waals surface area contributed by atoms with Gasteiger partial charge in [-0.1, -0.05) is 47.6 Å². The summed E-state index contributed by atoms with van der Waals surface area (Å²) in [5, 5.41) is 27.2. The van der Waals surface area contributed by atoms with Gasteiger partial charge < -0.3 is 25.0 Å². The van der Waals surface area contributed by atoms with Crippen LogP contribution in [0.3, 0.4) is 0 Å². The molecule has 0 heterocycles. The van der Waals surface area contributed by atoms with Crippen LogP contribution < -0.4 is 0 Å². The summed E-state index contributed by atoms with van der Waals surface area (Å²) in [4.78, 5) is 48.0. The number of aliphatic hydroxyl groups is 1. The van der Waals surface area contributed by atoms with E-state index in [4.69, 9.17) is 14.9 Å². The number of ketones is 1. The van der Waals surface area contributed by atoms with Gasteiger partial charge in [-0.15, -0.1) is 18.3 Å².